The minimum absolute atomic E-state index is 0.0172. The average Bonchev–Trinajstić information content (AvgIpc) is 2.46. The molecule has 0 spiro atoms. The van der Waals surface area contributed by atoms with Gasteiger partial charge in [-0.05, 0) is 36.5 Å². The highest BCUT2D eigenvalue weighted by Crippen LogP contribution is 2.25. The Morgan fingerprint density at radius 3 is 2.58 bits per heavy atom. The van der Waals surface area contributed by atoms with Crippen LogP contribution in [0, 0.1) is 5.92 Å². The van der Waals surface area contributed by atoms with Crippen LogP contribution in [0.4, 0.5) is 5.69 Å². The summed E-state index contributed by atoms with van der Waals surface area (Å²) >= 11 is 0. The molecule has 1 aromatic carbocycles. The number of benzene rings is 1. The molecule has 3 nitrogen and oxygen atoms in total. The van der Waals surface area contributed by atoms with Crippen LogP contribution >= 0.6 is 0 Å². The first-order chi connectivity index (χ1) is 9.11. The highest BCUT2D eigenvalue weighted by molar-refractivity contribution is 5.73. The van der Waals surface area contributed by atoms with Crippen LogP contribution in [0.15, 0.2) is 24.3 Å². The van der Waals surface area contributed by atoms with Crippen LogP contribution in [0.1, 0.15) is 38.2 Å². The Balaban J connectivity index is 2.06. The molecule has 0 N–H and O–H groups in total. The third-order valence-electron chi connectivity index (χ3n) is 3.88. The molecular formula is C16H23NO2. The topological polar surface area (TPSA) is 29.5 Å². The van der Waals surface area contributed by atoms with Gasteiger partial charge in [0, 0.05) is 18.8 Å². The Morgan fingerprint density at radius 2 is 2.00 bits per heavy atom. The molecule has 1 heterocycles. The van der Waals surface area contributed by atoms with Crippen LogP contribution in [0.2, 0.25) is 0 Å². The van der Waals surface area contributed by atoms with E-state index >= 15 is 0 Å². The zero-order valence-corrected chi connectivity index (χ0v) is 12.1. The SMILES string of the molecule is COC(=O)C1CCCN(c2ccc(C(C)C)cc2)C1. The van der Waals surface area contributed by atoms with E-state index in [9.17, 15) is 4.79 Å². The van der Waals surface area contributed by atoms with Gasteiger partial charge in [0.2, 0.25) is 0 Å². The predicted molar refractivity (Wildman–Crippen MR) is 77.5 cm³/mol. The summed E-state index contributed by atoms with van der Waals surface area (Å²) < 4.78 is 4.86. The van der Waals surface area contributed by atoms with Crippen molar-refractivity contribution >= 4 is 11.7 Å². The van der Waals surface area contributed by atoms with E-state index in [2.05, 4.69) is 43.0 Å². The van der Waals surface area contributed by atoms with Gasteiger partial charge in [0.1, 0.15) is 0 Å². The van der Waals surface area contributed by atoms with E-state index in [4.69, 9.17) is 4.74 Å². The molecule has 0 radical (unpaired) electrons. The number of ether oxygens (including phenoxy) is 1. The van der Waals surface area contributed by atoms with Crippen molar-refractivity contribution in [3.63, 3.8) is 0 Å². The summed E-state index contributed by atoms with van der Waals surface area (Å²) in [5, 5.41) is 0. The van der Waals surface area contributed by atoms with Crippen molar-refractivity contribution in [2.75, 3.05) is 25.1 Å². The number of hydrogen-bond donors (Lipinski definition) is 0. The Bertz CT molecular complexity index is 425. The number of rotatable bonds is 3. The fourth-order valence-electron chi connectivity index (χ4n) is 2.64. The van der Waals surface area contributed by atoms with E-state index in [0.717, 1.165) is 25.9 Å². The maximum absolute atomic E-state index is 11.6. The summed E-state index contributed by atoms with van der Waals surface area (Å²) in [6.45, 7) is 6.19. The Labute approximate surface area is 115 Å². The van der Waals surface area contributed by atoms with Crippen molar-refractivity contribution in [1.29, 1.82) is 0 Å². The van der Waals surface area contributed by atoms with E-state index < -0.39 is 0 Å². The van der Waals surface area contributed by atoms with Gasteiger partial charge in [-0.2, -0.15) is 0 Å². The van der Waals surface area contributed by atoms with Crippen molar-refractivity contribution in [3.05, 3.63) is 29.8 Å². The summed E-state index contributed by atoms with van der Waals surface area (Å²) in [5.41, 5.74) is 2.56. The smallest absolute Gasteiger partial charge is 0.310 e. The third kappa shape index (κ3) is 3.28. The first-order valence-electron chi connectivity index (χ1n) is 7.04. The maximum Gasteiger partial charge on any atom is 0.310 e. The minimum Gasteiger partial charge on any atom is -0.469 e. The first kappa shape index (κ1) is 13.9. The molecule has 2 rings (SSSR count). The standard InChI is InChI=1S/C16H23NO2/c1-12(2)13-6-8-15(9-7-13)17-10-4-5-14(11-17)16(18)19-3/h6-9,12,14H,4-5,10-11H2,1-3H3. The van der Waals surface area contributed by atoms with Gasteiger partial charge >= 0.3 is 5.97 Å². The van der Waals surface area contributed by atoms with Crippen LogP contribution < -0.4 is 4.90 Å². The fraction of sp³-hybridized carbons (Fsp3) is 0.562. The second kappa shape index (κ2) is 6.09. The molecule has 0 saturated carbocycles. The van der Waals surface area contributed by atoms with E-state index in [-0.39, 0.29) is 11.9 Å². The minimum atomic E-state index is -0.0801. The molecule has 0 aliphatic carbocycles. The van der Waals surface area contributed by atoms with Crippen molar-refractivity contribution in [3.8, 4) is 0 Å². The van der Waals surface area contributed by atoms with Gasteiger partial charge < -0.3 is 9.64 Å². The van der Waals surface area contributed by atoms with Crippen molar-refractivity contribution < 1.29 is 9.53 Å². The molecule has 0 bridgehead atoms. The number of nitrogens with zero attached hydrogens (tertiary/aromatic N) is 1. The zero-order valence-electron chi connectivity index (χ0n) is 12.1. The monoisotopic (exact) mass is 261 g/mol. The summed E-state index contributed by atoms with van der Waals surface area (Å²) in [6, 6.07) is 8.69. The molecule has 1 aliphatic heterocycles. The molecule has 1 atom stereocenters. The van der Waals surface area contributed by atoms with Gasteiger partial charge in [0.05, 0.1) is 13.0 Å². The molecule has 19 heavy (non-hydrogen) atoms. The van der Waals surface area contributed by atoms with Crippen LogP contribution in [0.3, 0.4) is 0 Å². The Hall–Kier alpha value is -1.51. The summed E-state index contributed by atoms with van der Waals surface area (Å²) in [6.07, 6.45) is 1.99. The lowest BCUT2D eigenvalue weighted by Crippen LogP contribution is -2.39. The molecule has 1 saturated heterocycles. The number of hydrogen-bond acceptors (Lipinski definition) is 3. The van der Waals surface area contributed by atoms with E-state index in [1.54, 1.807) is 0 Å². The summed E-state index contributed by atoms with van der Waals surface area (Å²) in [5.74, 6) is 0.491. The summed E-state index contributed by atoms with van der Waals surface area (Å²) in [7, 11) is 1.47. The van der Waals surface area contributed by atoms with Gasteiger partial charge in [0.25, 0.3) is 0 Å². The maximum atomic E-state index is 11.6. The lowest BCUT2D eigenvalue weighted by molar-refractivity contribution is -0.145. The van der Waals surface area contributed by atoms with Crippen LogP contribution in [0.25, 0.3) is 0 Å². The van der Waals surface area contributed by atoms with Crippen LogP contribution in [-0.4, -0.2) is 26.2 Å². The van der Waals surface area contributed by atoms with Crippen LogP contribution in [0.5, 0.6) is 0 Å². The molecule has 1 aromatic rings. The number of anilines is 1. The zero-order chi connectivity index (χ0) is 13.8. The largest absolute Gasteiger partial charge is 0.469 e. The number of carbonyl (C=O) groups excluding carboxylic acids is 1. The van der Waals surface area contributed by atoms with Gasteiger partial charge in [0.15, 0.2) is 0 Å². The quantitative estimate of drug-likeness (QED) is 0.783. The number of methoxy groups -OCH3 is 1. The van der Waals surface area contributed by atoms with Crippen molar-refractivity contribution in [1.82, 2.24) is 0 Å². The fourth-order valence-corrected chi connectivity index (χ4v) is 2.64. The van der Waals surface area contributed by atoms with Gasteiger partial charge in [-0.3, -0.25) is 4.79 Å². The normalized spacial score (nSPS) is 19.6. The van der Waals surface area contributed by atoms with E-state index in [1.807, 2.05) is 0 Å². The van der Waals surface area contributed by atoms with Crippen molar-refractivity contribution in [2.24, 2.45) is 5.92 Å². The third-order valence-corrected chi connectivity index (χ3v) is 3.88. The number of carbonyl (C=O) groups is 1. The molecule has 0 aromatic heterocycles. The molecule has 0 amide bonds. The second-order valence-electron chi connectivity index (χ2n) is 5.55. The molecule has 1 unspecified atom stereocenters. The number of piperidine rings is 1. The second-order valence-corrected chi connectivity index (χ2v) is 5.55. The van der Waals surface area contributed by atoms with E-state index in [1.165, 1.54) is 18.4 Å². The van der Waals surface area contributed by atoms with Gasteiger partial charge in [-0.1, -0.05) is 26.0 Å². The molecule has 1 fully saturated rings. The Morgan fingerprint density at radius 1 is 1.32 bits per heavy atom. The van der Waals surface area contributed by atoms with Gasteiger partial charge in [-0.15, -0.1) is 0 Å². The average molecular weight is 261 g/mol. The van der Waals surface area contributed by atoms with E-state index in [0.29, 0.717) is 5.92 Å². The molecule has 104 valence electrons. The molecule has 1 aliphatic rings. The lowest BCUT2D eigenvalue weighted by atomic mass is 9.97. The highest BCUT2D eigenvalue weighted by atomic mass is 16.5. The van der Waals surface area contributed by atoms with Crippen molar-refractivity contribution in [2.45, 2.75) is 32.6 Å². The Kier molecular flexibility index (Phi) is 4.46. The summed E-state index contributed by atoms with van der Waals surface area (Å²) in [4.78, 5) is 13.9. The van der Waals surface area contributed by atoms with Gasteiger partial charge in [-0.25, -0.2) is 0 Å². The predicted octanol–water partition coefficient (Wildman–Crippen LogP) is 3.20. The molecular weight excluding hydrogens is 238 g/mol. The number of esters is 1. The highest BCUT2D eigenvalue weighted by Gasteiger charge is 2.26. The van der Waals surface area contributed by atoms with Crippen LogP contribution in [-0.2, 0) is 9.53 Å². The molecule has 3 heteroatoms. The lowest BCUT2D eigenvalue weighted by Gasteiger charge is -2.33. The first-order valence-corrected chi connectivity index (χ1v) is 7.04.